The van der Waals surface area contributed by atoms with Crippen molar-refractivity contribution in [3.05, 3.63) is 47.1 Å². The van der Waals surface area contributed by atoms with E-state index in [0.29, 0.717) is 18.3 Å². The van der Waals surface area contributed by atoms with Crippen molar-refractivity contribution in [2.45, 2.75) is 6.42 Å². The Kier molecular flexibility index (Phi) is 3.14. The summed E-state index contributed by atoms with van der Waals surface area (Å²) in [6.07, 6.45) is 1.23. The molecule has 1 nitrogen and oxygen atoms in total. The molecular weight excluding hydrogens is 209 g/mol. The van der Waals surface area contributed by atoms with E-state index in [2.05, 4.69) is 17.5 Å². The molecule has 78 valence electrons. The van der Waals surface area contributed by atoms with Crippen LogP contribution in [-0.4, -0.2) is 6.54 Å². The highest BCUT2D eigenvalue weighted by molar-refractivity contribution is 7.17. The van der Waals surface area contributed by atoms with Crippen molar-refractivity contribution >= 4 is 21.4 Å². The summed E-state index contributed by atoms with van der Waals surface area (Å²) in [4.78, 5) is 0. The van der Waals surface area contributed by atoms with Gasteiger partial charge in [0.1, 0.15) is 0 Å². The number of nitrogens with two attached hydrogens (primary N) is 1. The highest BCUT2D eigenvalue weighted by atomic mass is 32.1. The monoisotopic (exact) mass is 221 g/mol. The molecule has 0 fully saturated rings. The SMILES string of the molecule is NC/C(=C/F)Cc1csc2ccccc12. The Bertz CT molecular complexity index is 487. The van der Waals surface area contributed by atoms with E-state index in [1.807, 2.05) is 12.1 Å². The molecule has 0 saturated carbocycles. The van der Waals surface area contributed by atoms with Crippen LogP contribution in [0.5, 0.6) is 0 Å². The van der Waals surface area contributed by atoms with Gasteiger partial charge in [0.05, 0.1) is 6.33 Å². The van der Waals surface area contributed by atoms with Crippen molar-refractivity contribution in [3.8, 4) is 0 Å². The normalized spacial score (nSPS) is 12.3. The minimum atomic E-state index is 0.278. The Hall–Kier alpha value is -1.19. The van der Waals surface area contributed by atoms with E-state index >= 15 is 0 Å². The average molecular weight is 221 g/mol. The lowest BCUT2D eigenvalue weighted by Crippen LogP contribution is -2.04. The van der Waals surface area contributed by atoms with Crippen LogP contribution in [0.1, 0.15) is 5.56 Å². The van der Waals surface area contributed by atoms with Gasteiger partial charge < -0.3 is 5.73 Å². The molecular formula is C12H12FNS. The Labute approximate surface area is 92.0 Å². The number of thiophene rings is 1. The number of hydrogen-bond donors (Lipinski definition) is 1. The van der Waals surface area contributed by atoms with Gasteiger partial charge in [0, 0.05) is 11.2 Å². The van der Waals surface area contributed by atoms with Crippen molar-refractivity contribution < 1.29 is 4.39 Å². The minimum absolute atomic E-state index is 0.278. The molecule has 0 unspecified atom stereocenters. The fourth-order valence-electron chi connectivity index (χ4n) is 1.57. The van der Waals surface area contributed by atoms with Crippen LogP contribution < -0.4 is 5.73 Å². The molecule has 0 aliphatic rings. The molecule has 15 heavy (non-hydrogen) atoms. The second-order valence-corrected chi connectivity index (χ2v) is 4.32. The van der Waals surface area contributed by atoms with Crippen LogP contribution >= 0.6 is 11.3 Å². The van der Waals surface area contributed by atoms with Crippen LogP contribution in [0.25, 0.3) is 10.1 Å². The van der Waals surface area contributed by atoms with Crippen LogP contribution in [0.3, 0.4) is 0 Å². The lowest BCUT2D eigenvalue weighted by atomic mass is 10.1. The number of benzene rings is 1. The van der Waals surface area contributed by atoms with Crippen molar-refractivity contribution in [2.24, 2.45) is 5.73 Å². The third kappa shape index (κ3) is 2.08. The van der Waals surface area contributed by atoms with E-state index in [9.17, 15) is 4.39 Å². The van der Waals surface area contributed by atoms with Crippen LogP contribution in [0.15, 0.2) is 41.5 Å². The molecule has 2 aromatic rings. The maximum atomic E-state index is 12.4. The minimum Gasteiger partial charge on any atom is -0.327 e. The summed E-state index contributed by atoms with van der Waals surface area (Å²) in [6.45, 7) is 0.278. The highest BCUT2D eigenvalue weighted by Gasteiger charge is 2.05. The molecule has 0 aliphatic heterocycles. The van der Waals surface area contributed by atoms with Crippen molar-refractivity contribution in [3.63, 3.8) is 0 Å². The van der Waals surface area contributed by atoms with E-state index in [0.717, 1.165) is 5.56 Å². The van der Waals surface area contributed by atoms with E-state index in [1.54, 1.807) is 11.3 Å². The summed E-state index contributed by atoms with van der Waals surface area (Å²) in [7, 11) is 0. The predicted molar refractivity (Wildman–Crippen MR) is 63.8 cm³/mol. The molecule has 1 aromatic heterocycles. The summed E-state index contributed by atoms with van der Waals surface area (Å²) in [5.74, 6) is 0. The van der Waals surface area contributed by atoms with E-state index in [4.69, 9.17) is 5.73 Å². The van der Waals surface area contributed by atoms with Gasteiger partial charge in [0.15, 0.2) is 0 Å². The molecule has 0 aliphatic carbocycles. The zero-order valence-electron chi connectivity index (χ0n) is 8.24. The molecule has 1 aromatic carbocycles. The van der Waals surface area contributed by atoms with Gasteiger partial charge in [0.2, 0.25) is 0 Å². The van der Waals surface area contributed by atoms with Crippen LogP contribution in [0.4, 0.5) is 4.39 Å². The topological polar surface area (TPSA) is 26.0 Å². The Morgan fingerprint density at radius 3 is 2.93 bits per heavy atom. The van der Waals surface area contributed by atoms with Gasteiger partial charge in [-0.15, -0.1) is 11.3 Å². The quantitative estimate of drug-likeness (QED) is 0.845. The molecule has 0 atom stereocenters. The first kappa shape index (κ1) is 10.3. The molecule has 0 bridgehead atoms. The van der Waals surface area contributed by atoms with Crippen molar-refractivity contribution in [2.75, 3.05) is 6.54 Å². The molecule has 0 spiro atoms. The standard InChI is InChI=1S/C12H12FNS/c13-6-9(7-14)5-10-8-15-12-4-2-1-3-11(10)12/h1-4,6,8H,5,7,14H2/b9-6+. The van der Waals surface area contributed by atoms with E-state index in [-0.39, 0.29) is 6.54 Å². The van der Waals surface area contributed by atoms with Crippen LogP contribution in [0.2, 0.25) is 0 Å². The maximum Gasteiger partial charge on any atom is 0.0875 e. The van der Waals surface area contributed by atoms with Crippen molar-refractivity contribution in [1.29, 1.82) is 0 Å². The summed E-state index contributed by atoms with van der Waals surface area (Å²) >= 11 is 1.69. The lowest BCUT2D eigenvalue weighted by Gasteiger charge is -2.01. The van der Waals surface area contributed by atoms with Crippen LogP contribution in [0, 0.1) is 0 Å². The fraction of sp³-hybridized carbons (Fsp3) is 0.167. The summed E-state index contributed by atoms with van der Waals surface area (Å²) in [6, 6.07) is 8.15. The summed E-state index contributed by atoms with van der Waals surface area (Å²) in [5, 5.41) is 3.28. The number of fused-ring (bicyclic) bond motifs is 1. The third-order valence-electron chi connectivity index (χ3n) is 2.40. The number of halogens is 1. The first-order valence-electron chi connectivity index (χ1n) is 4.78. The van der Waals surface area contributed by atoms with Gasteiger partial charge in [-0.2, -0.15) is 0 Å². The average Bonchev–Trinajstić information content (AvgIpc) is 2.69. The fourth-order valence-corrected chi connectivity index (χ4v) is 2.53. The summed E-state index contributed by atoms with van der Waals surface area (Å²) < 4.78 is 13.6. The van der Waals surface area contributed by atoms with Gasteiger partial charge in [-0.1, -0.05) is 18.2 Å². The zero-order chi connectivity index (χ0) is 10.7. The first-order valence-corrected chi connectivity index (χ1v) is 5.66. The molecule has 3 heteroatoms. The Morgan fingerprint density at radius 2 is 2.20 bits per heavy atom. The highest BCUT2D eigenvalue weighted by Crippen LogP contribution is 2.27. The maximum absolute atomic E-state index is 12.4. The first-order chi connectivity index (χ1) is 7.35. The molecule has 1 heterocycles. The Balaban J connectivity index is 2.36. The molecule has 0 radical (unpaired) electrons. The second kappa shape index (κ2) is 4.55. The van der Waals surface area contributed by atoms with Gasteiger partial charge in [-0.25, -0.2) is 4.39 Å². The van der Waals surface area contributed by atoms with Gasteiger partial charge in [0.25, 0.3) is 0 Å². The van der Waals surface area contributed by atoms with E-state index in [1.165, 1.54) is 10.1 Å². The lowest BCUT2D eigenvalue weighted by molar-refractivity contribution is 0.700. The van der Waals surface area contributed by atoms with Crippen LogP contribution in [-0.2, 0) is 6.42 Å². The third-order valence-corrected chi connectivity index (χ3v) is 3.41. The number of rotatable bonds is 3. The second-order valence-electron chi connectivity index (χ2n) is 3.41. The number of hydrogen-bond acceptors (Lipinski definition) is 2. The van der Waals surface area contributed by atoms with Gasteiger partial charge >= 0.3 is 0 Å². The van der Waals surface area contributed by atoms with Crippen molar-refractivity contribution in [1.82, 2.24) is 0 Å². The summed E-state index contributed by atoms with van der Waals surface area (Å²) in [5.41, 5.74) is 7.23. The molecule has 0 saturated heterocycles. The molecule has 2 rings (SSSR count). The smallest absolute Gasteiger partial charge is 0.0875 e. The molecule has 2 N–H and O–H groups in total. The van der Waals surface area contributed by atoms with Gasteiger partial charge in [-0.3, -0.25) is 0 Å². The largest absolute Gasteiger partial charge is 0.327 e. The zero-order valence-corrected chi connectivity index (χ0v) is 9.06. The van der Waals surface area contributed by atoms with Gasteiger partial charge in [-0.05, 0) is 34.4 Å². The molecule has 0 amide bonds. The van der Waals surface area contributed by atoms with E-state index < -0.39 is 0 Å². The predicted octanol–water partition coefficient (Wildman–Crippen LogP) is 3.26. The Morgan fingerprint density at radius 1 is 1.40 bits per heavy atom.